The van der Waals surface area contributed by atoms with Crippen molar-refractivity contribution in [2.24, 2.45) is 0 Å². The van der Waals surface area contributed by atoms with Gasteiger partial charge in [-0.25, -0.2) is 4.39 Å². The minimum Gasteiger partial charge on any atom is -0.383 e. The first kappa shape index (κ1) is 19.6. The van der Waals surface area contributed by atoms with Crippen molar-refractivity contribution in [2.75, 3.05) is 25.6 Å². The van der Waals surface area contributed by atoms with Crippen molar-refractivity contribution in [1.82, 2.24) is 9.88 Å². The Hall–Kier alpha value is -3.19. The van der Waals surface area contributed by atoms with E-state index in [-0.39, 0.29) is 11.5 Å². The monoisotopic (exact) mass is 383 g/mol. The second kappa shape index (κ2) is 8.67. The highest BCUT2D eigenvalue weighted by Crippen LogP contribution is 2.24. The Balaban J connectivity index is 1.85. The number of amides is 2. The number of hydrogen-bond donors (Lipinski definition) is 2. The van der Waals surface area contributed by atoms with Gasteiger partial charge >= 0.3 is 0 Å². The lowest BCUT2D eigenvalue weighted by Gasteiger charge is -2.09. The second-order valence-electron chi connectivity index (χ2n) is 6.26. The molecule has 0 aliphatic heterocycles. The number of rotatable bonds is 7. The predicted molar refractivity (Wildman–Crippen MR) is 106 cm³/mol. The zero-order chi connectivity index (χ0) is 20.1. The standard InChI is InChI=1S/C21H22FN3O3/c1-3-25-18-8-7-17(24-20(26)14-5-4-6-16(22)11-14)12-15(18)13-19(25)21(27)23-9-10-28-2/h4-8,11-13H,3,9-10H2,1-2H3,(H,23,27)(H,24,26). The largest absolute Gasteiger partial charge is 0.383 e. The maximum Gasteiger partial charge on any atom is 0.268 e. The first-order valence-electron chi connectivity index (χ1n) is 9.01. The van der Waals surface area contributed by atoms with E-state index < -0.39 is 11.7 Å². The van der Waals surface area contributed by atoms with Crippen molar-refractivity contribution in [1.29, 1.82) is 0 Å². The van der Waals surface area contributed by atoms with Gasteiger partial charge < -0.3 is 19.9 Å². The Morgan fingerprint density at radius 2 is 1.93 bits per heavy atom. The molecule has 6 nitrogen and oxygen atoms in total. The number of halogens is 1. The molecule has 2 amide bonds. The minimum atomic E-state index is -0.466. The van der Waals surface area contributed by atoms with Gasteiger partial charge in [-0.1, -0.05) is 6.07 Å². The molecule has 0 radical (unpaired) electrons. The van der Waals surface area contributed by atoms with Gasteiger partial charge in [0, 0.05) is 42.4 Å². The fraction of sp³-hybridized carbons (Fsp3) is 0.238. The van der Waals surface area contributed by atoms with E-state index >= 15 is 0 Å². The van der Waals surface area contributed by atoms with E-state index in [0.29, 0.717) is 31.1 Å². The maximum absolute atomic E-state index is 13.3. The number of hydrogen-bond acceptors (Lipinski definition) is 3. The van der Waals surface area contributed by atoms with Gasteiger partial charge in [-0.3, -0.25) is 9.59 Å². The molecule has 0 bridgehead atoms. The maximum atomic E-state index is 13.3. The highest BCUT2D eigenvalue weighted by Gasteiger charge is 2.15. The summed E-state index contributed by atoms with van der Waals surface area (Å²) in [7, 11) is 1.58. The van der Waals surface area contributed by atoms with Gasteiger partial charge in [-0.05, 0) is 49.4 Å². The molecule has 3 aromatic rings. The number of nitrogens with zero attached hydrogens (tertiary/aromatic N) is 1. The van der Waals surface area contributed by atoms with Gasteiger partial charge in [-0.2, -0.15) is 0 Å². The Kier molecular flexibility index (Phi) is 6.06. The summed E-state index contributed by atoms with van der Waals surface area (Å²) in [6.45, 7) is 3.46. The highest BCUT2D eigenvalue weighted by atomic mass is 19.1. The zero-order valence-corrected chi connectivity index (χ0v) is 15.8. The van der Waals surface area contributed by atoms with Crippen molar-refractivity contribution in [3.63, 3.8) is 0 Å². The Labute approximate surface area is 162 Å². The van der Waals surface area contributed by atoms with Crippen molar-refractivity contribution in [3.8, 4) is 0 Å². The molecular weight excluding hydrogens is 361 g/mol. The van der Waals surface area contributed by atoms with Crippen LogP contribution in [0.5, 0.6) is 0 Å². The summed E-state index contributed by atoms with van der Waals surface area (Å²) >= 11 is 0. The van der Waals surface area contributed by atoms with Crippen LogP contribution in [0.25, 0.3) is 10.9 Å². The van der Waals surface area contributed by atoms with E-state index in [2.05, 4.69) is 10.6 Å². The Morgan fingerprint density at radius 3 is 2.64 bits per heavy atom. The van der Waals surface area contributed by atoms with Crippen molar-refractivity contribution in [2.45, 2.75) is 13.5 Å². The van der Waals surface area contributed by atoms with E-state index in [1.807, 2.05) is 17.6 Å². The van der Waals surface area contributed by atoms with Gasteiger partial charge in [0.2, 0.25) is 0 Å². The number of carbonyl (C=O) groups is 2. The topological polar surface area (TPSA) is 72.4 Å². The van der Waals surface area contributed by atoms with Crippen molar-refractivity contribution >= 4 is 28.4 Å². The molecule has 2 N–H and O–H groups in total. The number of fused-ring (bicyclic) bond motifs is 1. The summed E-state index contributed by atoms with van der Waals surface area (Å²) in [5.41, 5.74) is 2.25. The van der Waals surface area contributed by atoms with Crippen LogP contribution in [0.3, 0.4) is 0 Å². The SMILES string of the molecule is CCn1c(C(=O)NCCOC)cc2cc(NC(=O)c3cccc(F)c3)ccc21. The minimum absolute atomic E-state index is 0.180. The molecule has 146 valence electrons. The number of aromatic nitrogens is 1. The third-order valence-electron chi connectivity index (χ3n) is 4.39. The molecule has 0 spiro atoms. The molecule has 0 saturated carbocycles. The molecule has 2 aromatic carbocycles. The van der Waals surface area contributed by atoms with Gasteiger partial charge in [0.05, 0.1) is 6.61 Å². The molecular formula is C21H22FN3O3. The van der Waals surface area contributed by atoms with Crippen molar-refractivity contribution in [3.05, 3.63) is 65.6 Å². The Bertz CT molecular complexity index is 1010. The van der Waals surface area contributed by atoms with Gasteiger partial charge in [0.15, 0.2) is 0 Å². The number of anilines is 1. The molecule has 0 aliphatic carbocycles. The van der Waals surface area contributed by atoms with Crippen LogP contribution in [0, 0.1) is 5.82 Å². The number of aryl methyl sites for hydroxylation is 1. The van der Waals surface area contributed by atoms with E-state index in [1.165, 1.54) is 18.2 Å². The molecule has 0 unspecified atom stereocenters. The normalized spacial score (nSPS) is 10.8. The summed E-state index contributed by atoms with van der Waals surface area (Å²) in [4.78, 5) is 24.8. The molecule has 7 heteroatoms. The first-order valence-corrected chi connectivity index (χ1v) is 9.01. The number of nitrogens with one attached hydrogen (secondary N) is 2. The van der Waals surface area contributed by atoms with Crippen LogP contribution >= 0.6 is 0 Å². The third-order valence-corrected chi connectivity index (χ3v) is 4.39. The lowest BCUT2D eigenvalue weighted by molar-refractivity contribution is 0.0928. The summed E-state index contributed by atoms with van der Waals surface area (Å²) in [5.74, 6) is -1.04. The highest BCUT2D eigenvalue weighted by molar-refractivity contribution is 6.05. The molecule has 0 atom stereocenters. The predicted octanol–water partition coefficient (Wildman–Crippen LogP) is 3.43. The lowest BCUT2D eigenvalue weighted by atomic mass is 10.2. The molecule has 0 aliphatic rings. The molecule has 0 fully saturated rings. The Morgan fingerprint density at radius 1 is 1.11 bits per heavy atom. The van der Waals surface area contributed by atoms with E-state index in [9.17, 15) is 14.0 Å². The van der Waals surface area contributed by atoms with Gasteiger partial charge in [0.25, 0.3) is 11.8 Å². The summed E-state index contributed by atoms with van der Waals surface area (Å²) in [6.07, 6.45) is 0. The average molecular weight is 383 g/mol. The van der Waals surface area contributed by atoms with Crippen LogP contribution in [0.2, 0.25) is 0 Å². The zero-order valence-electron chi connectivity index (χ0n) is 15.8. The van der Waals surface area contributed by atoms with Crippen LogP contribution < -0.4 is 10.6 Å². The van der Waals surface area contributed by atoms with Gasteiger partial charge in [0.1, 0.15) is 11.5 Å². The lowest BCUT2D eigenvalue weighted by Crippen LogP contribution is -2.28. The molecule has 1 aromatic heterocycles. The fourth-order valence-electron chi connectivity index (χ4n) is 3.07. The number of carbonyl (C=O) groups excluding carboxylic acids is 2. The third kappa shape index (κ3) is 4.20. The van der Waals surface area contributed by atoms with Crippen LogP contribution in [-0.2, 0) is 11.3 Å². The fourth-order valence-corrected chi connectivity index (χ4v) is 3.07. The number of ether oxygens (including phenoxy) is 1. The van der Waals surface area contributed by atoms with Crippen LogP contribution in [0.4, 0.5) is 10.1 Å². The second-order valence-corrected chi connectivity index (χ2v) is 6.26. The summed E-state index contributed by atoms with van der Waals surface area (Å²) in [5, 5.41) is 6.41. The summed E-state index contributed by atoms with van der Waals surface area (Å²) < 4.78 is 20.2. The van der Waals surface area contributed by atoms with Crippen LogP contribution in [0.15, 0.2) is 48.5 Å². The molecule has 0 saturated heterocycles. The van der Waals surface area contributed by atoms with Crippen LogP contribution in [-0.4, -0.2) is 36.6 Å². The van der Waals surface area contributed by atoms with Crippen molar-refractivity contribution < 1.29 is 18.7 Å². The van der Waals surface area contributed by atoms with Gasteiger partial charge in [-0.15, -0.1) is 0 Å². The van der Waals surface area contributed by atoms with Crippen LogP contribution in [0.1, 0.15) is 27.8 Å². The van der Waals surface area contributed by atoms with E-state index in [1.54, 1.807) is 31.4 Å². The molecule has 3 rings (SSSR count). The average Bonchev–Trinajstić information content (AvgIpc) is 3.06. The first-order chi connectivity index (χ1) is 13.5. The quantitative estimate of drug-likeness (QED) is 0.614. The molecule has 28 heavy (non-hydrogen) atoms. The number of benzene rings is 2. The number of methoxy groups -OCH3 is 1. The summed E-state index contributed by atoms with van der Waals surface area (Å²) in [6, 6.07) is 12.7. The molecule has 1 heterocycles. The van der Waals surface area contributed by atoms with E-state index in [0.717, 1.165) is 10.9 Å². The van der Waals surface area contributed by atoms with E-state index in [4.69, 9.17) is 4.74 Å². The smallest absolute Gasteiger partial charge is 0.268 e.